The number of likely N-dealkylation sites (tertiary alicyclic amines) is 2. The molecule has 0 spiro atoms. The predicted molar refractivity (Wildman–Crippen MR) is 327 cm³/mol. The summed E-state index contributed by atoms with van der Waals surface area (Å²) < 4.78 is 34.4. The number of carbonyl (C=O) groups excluding carboxylic acids is 2. The first-order valence-corrected chi connectivity index (χ1v) is 31.0. The molecule has 2 aliphatic carbocycles. The van der Waals surface area contributed by atoms with Crippen LogP contribution in [0.3, 0.4) is 0 Å². The number of H-pyrrole nitrogens is 2. The number of fused-ring (bicyclic) bond motifs is 4. The van der Waals surface area contributed by atoms with Gasteiger partial charge in [-0.15, -0.1) is 0 Å². The second-order valence-electron chi connectivity index (χ2n) is 25.5. The summed E-state index contributed by atoms with van der Waals surface area (Å²) in [6, 6.07) is 38.4. The monoisotopic (exact) mass is 1170 g/mol. The van der Waals surface area contributed by atoms with Crippen LogP contribution in [0.4, 0.5) is 29.7 Å². The van der Waals surface area contributed by atoms with Gasteiger partial charge in [0, 0.05) is 31.9 Å². The average molecular weight is 1180 g/mol. The molecule has 4 aliphatic heterocycles. The van der Waals surface area contributed by atoms with Gasteiger partial charge in [-0.1, -0.05) is 97.9 Å². The number of benzene rings is 6. The highest BCUT2D eigenvalue weighted by Gasteiger charge is 2.51. The number of halogens is 2. The first-order chi connectivity index (χ1) is 42.2. The molecule has 0 saturated carbocycles. The van der Waals surface area contributed by atoms with Gasteiger partial charge in [0.15, 0.2) is 11.6 Å². The van der Waals surface area contributed by atoms with Crippen molar-refractivity contribution in [1.82, 2.24) is 40.4 Å². The maximum Gasteiger partial charge on any atom is 0.405 e. The minimum Gasteiger partial charge on any atom is -0.465 e. The van der Waals surface area contributed by atoms with Crippen LogP contribution in [0.25, 0.3) is 22.1 Å². The Morgan fingerprint density at radius 1 is 0.586 bits per heavy atom. The number of piperidine rings is 1. The number of rotatable bonds is 13. The van der Waals surface area contributed by atoms with E-state index in [0.717, 1.165) is 70.1 Å². The third-order valence-corrected chi connectivity index (χ3v) is 20.6. The summed E-state index contributed by atoms with van der Waals surface area (Å²) in [5.74, 6) is -0.811. The Kier molecular flexibility index (Phi) is 14.5. The van der Waals surface area contributed by atoms with Gasteiger partial charge in [0.25, 0.3) is 0 Å². The number of aromatic nitrogens is 4. The number of nitrogens with zero attached hydrogens (tertiary/aromatic N) is 6. The first kappa shape index (κ1) is 56.0. The van der Waals surface area contributed by atoms with Crippen molar-refractivity contribution in [2.75, 3.05) is 36.0 Å². The molecule has 87 heavy (non-hydrogen) atoms. The molecule has 4 unspecified atom stereocenters. The molecule has 2 aromatic heterocycles. The summed E-state index contributed by atoms with van der Waals surface area (Å²) >= 11 is 0. The maximum absolute atomic E-state index is 17.2. The SMILES string of the molecule is CC1C[C@H](c2ccc3nc(C4CCCN4C(=O)C(NC(=O)O)C4Cc5ccccc5C4)[nH]c3c2)N(c2cc(F)c(N3CCC(c4ccccc4)CC3)c(F)c2)[C@]1(C)c1ccc2nc(C3CCCN3C(=O)[C@@H](NC(=O)O)C3Cc4ccccc4C3)[nH]c2c1. The van der Waals surface area contributed by atoms with E-state index in [9.17, 15) is 29.4 Å². The van der Waals surface area contributed by atoms with Crippen molar-refractivity contribution in [3.05, 3.63) is 190 Å². The van der Waals surface area contributed by atoms with Crippen molar-refractivity contribution < 1.29 is 38.2 Å². The van der Waals surface area contributed by atoms with Crippen LogP contribution >= 0.6 is 0 Å². The lowest BCUT2D eigenvalue weighted by Crippen LogP contribution is -2.52. The van der Waals surface area contributed by atoms with E-state index < -0.39 is 53.5 Å². The summed E-state index contributed by atoms with van der Waals surface area (Å²) in [6.07, 6.45) is 4.80. The molecule has 4 saturated heterocycles. The van der Waals surface area contributed by atoms with Gasteiger partial charge in [0.05, 0.1) is 45.7 Å². The molecule has 14 rings (SSSR count). The normalized spacial score (nSPS) is 23.2. The van der Waals surface area contributed by atoms with Gasteiger partial charge in [0.2, 0.25) is 11.8 Å². The van der Waals surface area contributed by atoms with Crippen LogP contribution in [0, 0.1) is 29.4 Å². The smallest absolute Gasteiger partial charge is 0.405 e. The van der Waals surface area contributed by atoms with Crippen molar-refractivity contribution in [2.24, 2.45) is 17.8 Å². The van der Waals surface area contributed by atoms with Gasteiger partial charge in [-0.3, -0.25) is 9.59 Å². The van der Waals surface area contributed by atoms with E-state index in [0.29, 0.717) is 105 Å². The van der Waals surface area contributed by atoms with Crippen LogP contribution < -0.4 is 20.4 Å². The molecule has 0 radical (unpaired) electrons. The lowest BCUT2D eigenvalue weighted by molar-refractivity contribution is -0.136. The van der Waals surface area contributed by atoms with Crippen LogP contribution in [0.15, 0.2) is 127 Å². The number of nitrogens with one attached hydrogen (secondary N) is 4. The Morgan fingerprint density at radius 3 is 1.57 bits per heavy atom. The zero-order valence-corrected chi connectivity index (χ0v) is 48.9. The number of aromatic amines is 2. The molecule has 4 fully saturated rings. The van der Waals surface area contributed by atoms with Gasteiger partial charge in [-0.2, -0.15) is 0 Å². The van der Waals surface area contributed by atoms with Gasteiger partial charge in [-0.05, 0) is 177 Å². The summed E-state index contributed by atoms with van der Waals surface area (Å²) in [5, 5.41) is 25.2. The zero-order valence-electron chi connectivity index (χ0n) is 48.9. The van der Waals surface area contributed by atoms with E-state index in [1.165, 1.54) is 17.7 Å². The largest absolute Gasteiger partial charge is 0.465 e. The number of carboxylic acid groups (broad SMARTS) is 2. The summed E-state index contributed by atoms with van der Waals surface area (Å²) in [4.78, 5) is 78.6. The Balaban J connectivity index is 0.782. The molecule has 8 aromatic rings. The van der Waals surface area contributed by atoms with E-state index in [2.05, 4.69) is 63.6 Å². The fourth-order valence-corrected chi connectivity index (χ4v) is 16.1. The number of carbonyl (C=O) groups is 4. The molecule has 6 N–H and O–H groups in total. The zero-order chi connectivity index (χ0) is 59.8. The highest BCUT2D eigenvalue weighted by atomic mass is 19.1. The minimum absolute atomic E-state index is 0.0238. The van der Waals surface area contributed by atoms with E-state index in [1.807, 2.05) is 95.9 Å². The number of imidazole rings is 2. The number of hydrogen-bond acceptors (Lipinski definition) is 8. The second-order valence-corrected chi connectivity index (χ2v) is 25.5. The van der Waals surface area contributed by atoms with Crippen molar-refractivity contribution in [3.63, 3.8) is 0 Å². The van der Waals surface area contributed by atoms with Gasteiger partial charge in [-0.25, -0.2) is 28.3 Å². The lowest BCUT2D eigenvalue weighted by Gasteiger charge is -2.43. The van der Waals surface area contributed by atoms with Crippen LogP contribution in [0.5, 0.6) is 0 Å². The fourth-order valence-electron chi connectivity index (χ4n) is 16.1. The molecule has 6 heterocycles. The maximum atomic E-state index is 17.2. The van der Waals surface area contributed by atoms with Gasteiger partial charge < -0.3 is 50.4 Å². The Labute approximate surface area is 503 Å². The van der Waals surface area contributed by atoms with Crippen LogP contribution in [-0.2, 0) is 40.8 Å². The molecule has 448 valence electrons. The van der Waals surface area contributed by atoms with Crippen LogP contribution in [0.2, 0.25) is 0 Å². The second kappa shape index (κ2) is 22.5. The van der Waals surface area contributed by atoms with E-state index in [4.69, 9.17) is 9.97 Å². The third kappa shape index (κ3) is 10.2. The Bertz CT molecular complexity index is 3900. The van der Waals surface area contributed by atoms with E-state index in [-0.39, 0.29) is 41.3 Å². The fraction of sp³-hybridized carbons (Fsp3) is 0.391. The van der Waals surface area contributed by atoms with Crippen LogP contribution in [0.1, 0.15) is 133 Å². The molecule has 4 amide bonds. The van der Waals surface area contributed by atoms with Crippen molar-refractivity contribution in [1.29, 1.82) is 0 Å². The number of anilines is 2. The van der Waals surface area contributed by atoms with Crippen molar-refractivity contribution in [3.8, 4) is 0 Å². The summed E-state index contributed by atoms with van der Waals surface area (Å²) in [6.45, 7) is 6.25. The summed E-state index contributed by atoms with van der Waals surface area (Å²) in [5.41, 5.74) is 9.91. The molecule has 7 atom stereocenters. The highest BCUT2D eigenvalue weighted by Crippen LogP contribution is 2.55. The molecular formula is C69H72F2N10O6. The molecule has 0 bridgehead atoms. The highest BCUT2D eigenvalue weighted by molar-refractivity contribution is 5.88. The third-order valence-electron chi connectivity index (χ3n) is 20.6. The van der Waals surface area contributed by atoms with Crippen molar-refractivity contribution in [2.45, 2.75) is 126 Å². The Morgan fingerprint density at radius 2 is 1.07 bits per heavy atom. The predicted octanol–water partition coefficient (Wildman–Crippen LogP) is 12.0. The van der Waals surface area contributed by atoms with E-state index in [1.54, 1.807) is 9.80 Å². The standard InChI is InChI=1S/C69H72F2N10O6/c1-39-30-59(46-20-22-53-55(35-46)74-63(72-53)57-18-10-26-79(57)65(82)60(76-67(84)85)47-31-42-14-6-7-15-43(42)32-47)81(50-37-51(70)62(52(71)38-50)78-28-24-41(25-29-78)40-12-4-3-5-13-40)69(39,2)49-21-23-54-56(36-49)75-64(73-54)58-19-11-27-80(58)66(83)61(77-68(86)87)48-33-44-16-8-9-17-45(44)34-48/h3-9,12-17,20-23,35-39,41,47-48,57-61,76-77H,10-11,18-19,24-34H2,1-2H3,(H,72,74)(H,73,75)(H,84,85)(H,86,87)/t39?,57?,58?,59-,60?,61+,69+/m1/s1. The molecule has 18 heteroatoms. The lowest BCUT2D eigenvalue weighted by atomic mass is 9.81. The molecule has 6 aromatic carbocycles. The molecular weight excluding hydrogens is 1100 g/mol. The van der Waals surface area contributed by atoms with Gasteiger partial charge in [0.1, 0.15) is 29.4 Å². The van der Waals surface area contributed by atoms with E-state index >= 15 is 8.78 Å². The number of hydrogen-bond donors (Lipinski definition) is 6. The number of amides is 4. The topological polar surface area (TPSA) is 203 Å². The Hall–Kier alpha value is -8.80. The first-order valence-electron chi connectivity index (χ1n) is 31.0. The van der Waals surface area contributed by atoms with Gasteiger partial charge >= 0.3 is 12.2 Å². The van der Waals surface area contributed by atoms with Crippen molar-refractivity contribution >= 4 is 57.4 Å². The summed E-state index contributed by atoms with van der Waals surface area (Å²) in [7, 11) is 0. The molecule has 6 aliphatic rings. The molecule has 16 nitrogen and oxygen atoms in total. The average Bonchev–Trinajstić information content (AvgIpc) is 2.72. The van der Waals surface area contributed by atoms with Crippen LogP contribution in [-0.4, -0.2) is 102 Å². The quantitative estimate of drug-likeness (QED) is 0.0645. The minimum atomic E-state index is -1.24.